The van der Waals surface area contributed by atoms with E-state index < -0.39 is 0 Å². The van der Waals surface area contributed by atoms with Gasteiger partial charge in [0.2, 0.25) is 0 Å². The number of fused-ring (bicyclic) bond motifs is 2. The largest absolute Gasteiger partial charge is 0.268 e. The Balaban J connectivity index is 1.73. The second-order valence-electron chi connectivity index (χ2n) is 6.98. The van der Waals surface area contributed by atoms with Gasteiger partial charge in [0.25, 0.3) is 5.56 Å². The van der Waals surface area contributed by atoms with Crippen molar-refractivity contribution in [3.05, 3.63) is 99.1 Å². The molecule has 5 rings (SSSR count). The first kappa shape index (κ1) is 18.7. The standard InChI is InChI=1S/C24H16ClN3OS/c1-15-6-12-20-21(14-15)30-24(27-20)28-22(13-9-16-7-10-17(25)11-8-16)26-19-5-3-2-4-18(19)23(28)29/h2-14H,1H3/b13-9+. The van der Waals surface area contributed by atoms with Gasteiger partial charge in [-0.15, -0.1) is 0 Å². The molecule has 146 valence electrons. The molecule has 0 radical (unpaired) electrons. The maximum atomic E-state index is 13.4. The molecule has 0 N–H and O–H groups in total. The van der Waals surface area contributed by atoms with Crippen LogP contribution in [0.25, 0.3) is 38.4 Å². The van der Waals surface area contributed by atoms with E-state index in [0.717, 1.165) is 21.3 Å². The number of hydrogen-bond acceptors (Lipinski definition) is 4. The van der Waals surface area contributed by atoms with Gasteiger partial charge < -0.3 is 0 Å². The van der Waals surface area contributed by atoms with Crippen molar-refractivity contribution in [2.45, 2.75) is 6.92 Å². The molecule has 0 aliphatic rings. The second-order valence-corrected chi connectivity index (χ2v) is 8.43. The maximum Gasteiger partial charge on any atom is 0.268 e. The Labute approximate surface area is 181 Å². The zero-order chi connectivity index (χ0) is 20.7. The highest BCUT2D eigenvalue weighted by molar-refractivity contribution is 7.20. The predicted octanol–water partition coefficient (Wildman–Crippen LogP) is 6.13. The summed E-state index contributed by atoms with van der Waals surface area (Å²) in [5, 5.41) is 1.85. The van der Waals surface area contributed by atoms with Crippen LogP contribution in [-0.4, -0.2) is 14.5 Å². The molecule has 0 bridgehead atoms. The van der Waals surface area contributed by atoms with E-state index in [0.29, 0.717) is 26.9 Å². The molecule has 2 heterocycles. The van der Waals surface area contributed by atoms with Gasteiger partial charge in [0.05, 0.1) is 21.1 Å². The average molecular weight is 430 g/mol. The summed E-state index contributed by atoms with van der Waals surface area (Å²) < 4.78 is 2.63. The van der Waals surface area contributed by atoms with Gasteiger partial charge in [0, 0.05) is 5.02 Å². The van der Waals surface area contributed by atoms with Gasteiger partial charge in [-0.25, -0.2) is 14.5 Å². The molecule has 30 heavy (non-hydrogen) atoms. The number of aromatic nitrogens is 3. The van der Waals surface area contributed by atoms with Crippen LogP contribution in [0.5, 0.6) is 0 Å². The smallest absolute Gasteiger partial charge is 0.268 e. The molecular weight excluding hydrogens is 414 g/mol. The number of halogens is 1. The van der Waals surface area contributed by atoms with Crippen molar-refractivity contribution in [3.63, 3.8) is 0 Å². The normalized spacial score (nSPS) is 11.7. The van der Waals surface area contributed by atoms with Crippen LogP contribution in [0, 0.1) is 6.92 Å². The molecule has 0 atom stereocenters. The Morgan fingerprint density at radius 3 is 2.57 bits per heavy atom. The van der Waals surface area contributed by atoms with Crippen LogP contribution in [0.15, 0.2) is 71.5 Å². The Hall–Kier alpha value is -3.28. The van der Waals surface area contributed by atoms with Gasteiger partial charge in [-0.3, -0.25) is 4.79 Å². The molecule has 4 nitrogen and oxygen atoms in total. The third kappa shape index (κ3) is 3.43. The monoisotopic (exact) mass is 429 g/mol. The summed E-state index contributed by atoms with van der Waals surface area (Å²) in [7, 11) is 0. The summed E-state index contributed by atoms with van der Waals surface area (Å²) in [6.07, 6.45) is 3.76. The molecule has 0 saturated heterocycles. The van der Waals surface area contributed by atoms with E-state index in [4.69, 9.17) is 21.6 Å². The first-order chi connectivity index (χ1) is 14.6. The molecule has 2 aromatic heterocycles. The van der Waals surface area contributed by atoms with E-state index in [1.165, 1.54) is 11.3 Å². The first-order valence-electron chi connectivity index (χ1n) is 9.41. The summed E-state index contributed by atoms with van der Waals surface area (Å²) in [4.78, 5) is 22.8. The maximum absolute atomic E-state index is 13.4. The van der Waals surface area contributed by atoms with E-state index in [-0.39, 0.29) is 5.56 Å². The number of para-hydroxylation sites is 1. The lowest BCUT2D eigenvalue weighted by atomic mass is 10.2. The van der Waals surface area contributed by atoms with E-state index in [2.05, 4.69) is 6.07 Å². The molecule has 0 amide bonds. The van der Waals surface area contributed by atoms with E-state index in [1.54, 1.807) is 10.6 Å². The minimum atomic E-state index is -0.132. The van der Waals surface area contributed by atoms with Crippen molar-refractivity contribution in [1.82, 2.24) is 14.5 Å². The molecule has 0 unspecified atom stereocenters. The van der Waals surface area contributed by atoms with Gasteiger partial charge in [0.1, 0.15) is 5.82 Å². The minimum absolute atomic E-state index is 0.132. The Morgan fingerprint density at radius 1 is 0.933 bits per heavy atom. The lowest BCUT2D eigenvalue weighted by Gasteiger charge is -2.08. The quantitative estimate of drug-likeness (QED) is 0.346. The molecule has 6 heteroatoms. The highest BCUT2D eigenvalue weighted by Gasteiger charge is 2.15. The highest BCUT2D eigenvalue weighted by Crippen LogP contribution is 2.26. The van der Waals surface area contributed by atoms with Crippen molar-refractivity contribution in [2.75, 3.05) is 0 Å². The number of rotatable bonds is 3. The zero-order valence-corrected chi connectivity index (χ0v) is 17.6. The second kappa shape index (κ2) is 7.52. The molecular formula is C24H16ClN3OS. The fourth-order valence-corrected chi connectivity index (χ4v) is 4.50. The Bertz CT molecular complexity index is 1480. The summed E-state index contributed by atoms with van der Waals surface area (Å²) in [6, 6.07) is 21.0. The number of benzene rings is 3. The highest BCUT2D eigenvalue weighted by atomic mass is 35.5. The number of hydrogen-bond donors (Lipinski definition) is 0. The topological polar surface area (TPSA) is 47.8 Å². The molecule has 0 saturated carbocycles. The van der Waals surface area contributed by atoms with Crippen LogP contribution in [0.1, 0.15) is 17.0 Å². The van der Waals surface area contributed by atoms with Crippen LogP contribution in [-0.2, 0) is 0 Å². The summed E-state index contributed by atoms with van der Waals surface area (Å²) in [6.45, 7) is 2.04. The third-order valence-corrected chi connectivity index (χ3v) is 6.08. The summed E-state index contributed by atoms with van der Waals surface area (Å²) in [5.74, 6) is 0.532. The SMILES string of the molecule is Cc1ccc2nc(-n3c(/C=C/c4ccc(Cl)cc4)nc4ccccc4c3=O)sc2c1. The molecule has 0 spiro atoms. The molecule has 0 aliphatic heterocycles. The number of nitrogens with zero attached hydrogens (tertiary/aromatic N) is 3. The molecule has 0 fully saturated rings. The lowest BCUT2D eigenvalue weighted by Crippen LogP contribution is -2.22. The van der Waals surface area contributed by atoms with Crippen LogP contribution < -0.4 is 5.56 Å². The number of thiazole rings is 1. The first-order valence-corrected chi connectivity index (χ1v) is 10.6. The van der Waals surface area contributed by atoms with Crippen LogP contribution in [0.3, 0.4) is 0 Å². The van der Waals surface area contributed by atoms with Crippen molar-refractivity contribution < 1.29 is 0 Å². The zero-order valence-electron chi connectivity index (χ0n) is 16.0. The minimum Gasteiger partial charge on any atom is -0.268 e. The van der Waals surface area contributed by atoms with Crippen molar-refractivity contribution in [1.29, 1.82) is 0 Å². The van der Waals surface area contributed by atoms with Crippen LogP contribution in [0.4, 0.5) is 0 Å². The van der Waals surface area contributed by atoms with Crippen molar-refractivity contribution in [3.8, 4) is 5.13 Å². The molecule has 0 aliphatic carbocycles. The third-order valence-electron chi connectivity index (χ3n) is 4.82. The van der Waals surface area contributed by atoms with Gasteiger partial charge >= 0.3 is 0 Å². The average Bonchev–Trinajstić information content (AvgIpc) is 3.16. The van der Waals surface area contributed by atoms with E-state index in [1.807, 2.05) is 73.7 Å². The molecule has 3 aromatic carbocycles. The Kier molecular flexibility index (Phi) is 4.69. The fourth-order valence-electron chi connectivity index (χ4n) is 3.31. The van der Waals surface area contributed by atoms with Gasteiger partial charge in [0.15, 0.2) is 5.13 Å². The Morgan fingerprint density at radius 2 is 1.73 bits per heavy atom. The van der Waals surface area contributed by atoms with Crippen molar-refractivity contribution in [2.24, 2.45) is 0 Å². The fraction of sp³-hybridized carbons (Fsp3) is 0.0417. The van der Waals surface area contributed by atoms with Crippen molar-refractivity contribution >= 4 is 56.2 Å². The van der Waals surface area contributed by atoms with E-state index in [9.17, 15) is 4.79 Å². The van der Waals surface area contributed by atoms with Gasteiger partial charge in [-0.1, -0.05) is 59.3 Å². The number of aryl methyl sites for hydroxylation is 1. The lowest BCUT2D eigenvalue weighted by molar-refractivity contribution is 0.934. The predicted molar refractivity (Wildman–Crippen MR) is 126 cm³/mol. The van der Waals surface area contributed by atoms with Crippen LogP contribution in [0.2, 0.25) is 5.02 Å². The van der Waals surface area contributed by atoms with Gasteiger partial charge in [-0.2, -0.15) is 0 Å². The van der Waals surface area contributed by atoms with Gasteiger partial charge in [-0.05, 0) is 60.5 Å². The molecule has 5 aromatic rings. The summed E-state index contributed by atoms with van der Waals surface area (Å²) >= 11 is 7.47. The van der Waals surface area contributed by atoms with Crippen LogP contribution >= 0.6 is 22.9 Å². The summed E-state index contributed by atoms with van der Waals surface area (Å²) in [5.41, 5.74) is 3.52. The van der Waals surface area contributed by atoms with E-state index >= 15 is 0 Å².